The number of carbonyl (C=O) groups excluding carboxylic acids is 4. The summed E-state index contributed by atoms with van der Waals surface area (Å²) in [6.07, 6.45) is 50.4. The second-order valence-electron chi connectivity index (χ2n) is 25.1. The summed E-state index contributed by atoms with van der Waals surface area (Å²) in [5.74, 6) is -2.20. The molecule has 0 aliphatic heterocycles. The Hall–Kier alpha value is -2.68. The lowest BCUT2D eigenvalue weighted by molar-refractivity contribution is -0.203. The summed E-state index contributed by atoms with van der Waals surface area (Å²) in [4.78, 5) is 66.8. The van der Waals surface area contributed by atoms with Crippen LogP contribution in [0.3, 0.4) is 0 Å². The van der Waals surface area contributed by atoms with Gasteiger partial charge in [-0.25, -0.2) is 24.1 Å². The van der Waals surface area contributed by atoms with Gasteiger partial charge in [0.05, 0.1) is 38.5 Å². The van der Waals surface area contributed by atoms with Crippen molar-refractivity contribution in [1.82, 2.24) is 19.9 Å². The molecule has 0 heterocycles. The molecule has 0 aliphatic carbocycles. The van der Waals surface area contributed by atoms with Gasteiger partial charge in [0.1, 0.15) is 0 Å². The van der Waals surface area contributed by atoms with Crippen LogP contribution in [-0.4, -0.2) is 130 Å². The molecular formula is C72H140F2N4O8. The van der Waals surface area contributed by atoms with E-state index in [0.717, 1.165) is 129 Å². The number of esters is 2. The predicted octanol–water partition coefficient (Wildman–Crippen LogP) is 20.1. The molecule has 0 fully saturated rings. The Morgan fingerprint density at radius 1 is 0.384 bits per heavy atom. The van der Waals surface area contributed by atoms with Crippen LogP contribution in [0.1, 0.15) is 343 Å². The van der Waals surface area contributed by atoms with Crippen LogP contribution >= 0.6 is 0 Å². The highest BCUT2D eigenvalue weighted by Gasteiger charge is 2.26. The van der Waals surface area contributed by atoms with Crippen LogP contribution in [-0.2, 0) is 38.3 Å². The lowest BCUT2D eigenvalue weighted by Gasteiger charge is -2.31. The zero-order valence-electron chi connectivity index (χ0n) is 58.1. The van der Waals surface area contributed by atoms with Gasteiger partial charge in [-0.05, 0) is 138 Å². The Balaban J connectivity index is 0. The Morgan fingerprint density at radius 2 is 0.686 bits per heavy atom. The number of nitrogens with zero attached hydrogens (tertiary/aromatic N) is 4. The number of carbonyl (C=O) groups is 4. The molecule has 0 saturated carbocycles. The maximum Gasteiger partial charge on any atom is 0.366 e. The van der Waals surface area contributed by atoms with E-state index in [2.05, 4.69) is 37.5 Å². The molecule has 0 bridgehead atoms. The summed E-state index contributed by atoms with van der Waals surface area (Å²) < 4.78 is 37.3. The van der Waals surface area contributed by atoms with Gasteiger partial charge >= 0.3 is 11.9 Å². The molecule has 14 heteroatoms. The second kappa shape index (κ2) is 65.3. The van der Waals surface area contributed by atoms with Gasteiger partial charge in [0.25, 0.3) is 0 Å². The number of rotatable bonds is 63. The van der Waals surface area contributed by atoms with Gasteiger partial charge in [-0.15, -0.1) is 0 Å². The first-order chi connectivity index (χ1) is 41.7. The number of hydrogen-bond acceptors (Lipinski definition) is 10. The lowest BCUT2D eigenvalue weighted by atomic mass is 9.99. The van der Waals surface area contributed by atoms with E-state index in [0.29, 0.717) is 38.9 Å². The topological polar surface area (TPSA) is 118 Å². The van der Waals surface area contributed by atoms with Gasteiger partial charge < -0.3 is 19.3 Å². The summed E-state index contributed by atoms with van der Waals surface area (Å²) in [7, 11) is 8.17. The molecule has 0 radical (unpaired) electrons. The van der Waals surface area contributed by atoms with Crippen molar-refractivity contribution < 1.29 is 47.1 Å². The lowest BCUT2D eigenvalue weighted by Crippen LogP contribution is -2.41. The third kappa shape index (κ3) is 55.4. The number of amides is 2. The molecule has 2 amide bonds. The first kappa shape index (κ1) is 85.4. The molecule has 0 aromatic carbocycles. The SMILES string of the molecule is CCCCCCCCCCON(C(=O)CCCN(C)C)C(CCCCC/C=C(\F)C(=O)OCC)CCCCCCCCC.CCCCCCCCCCON(C(=O)CCCN(C)C)C(CCCCCCCCC)CCCCCCC(F)C(=O)OCC. The Kier molecular flexibility index (Phi) is 64.8. The van der Waals surface area contributed by atoms with Gasteiger partial charge in [0, 0.05) is 12.8 Å². The number of alkyl halides is 1. The number of hydroxylamine groups is 4. The van der Waals surface area contributed by atoms with Crippen LogP contribution in [0.25, 0.3) is 0 Å². The zero-order valence-corrected chi connectivity index (χ0v) is 58.1. The molecular weight excluding hydrogens is 1090 g/mol. The van der Waals surface area contributed by atoms with E-state index in [4.69, 9.17) is 19.1 Å². The van der Waals surface area contributed by atoms with Crippen LogP contribution in [0.5, 0.6) is 0 Å². The highest BCUT2D eigenvalue weighted by Crippen LogP contribution is 2.24. The average molecular weight is 1230 g/mol. The minimum absolute atomic E-state index is 0.0725. The van der Waals surface area contributed by atoms with Crippen LogP contribution < -0.4 is 0 Å². The summed E-state index contributed by atoms with van der Waals surface area (Å²) >= 11 is 0. The van der Waals surface area contributed by atoms with E-state index < -0.39 is 23.9 Å². The highest BCUT2D eigenvalue weighted by atomic mass is 19.1. The number of halogens is 2. The molecule has 12 nitrogen and oxygen atoms in total. The van der Waals surface area contributed by atoms with Gasteiger partial charge in [-0.3, -0.25) is 19.3 Å². The van der Waals surface area contributed by atoms with Crippen molar-refractivity contribution in [2.45, 2.75) is 362 Å². The second-order valence-corrected chi connectivity index (χ2v) is 25.1. The molecule has 0 aromatic heterocycles. The average Bonchev–Trinajstić information content (AvgIpc) is 3.69. The maximum atomic E-state index is 14.0. The third-order valence-electron chi connectivity index (χ3n) is 16.2. The first-order valence-corrected chi connectivity index (χ1v) is 36.3. The monoisotopic (exact) mass is 1230 g/mol. The van der Waals surface area contributed by atoms with Gasteiger partial charge in [-0.2, -0.15) is 4.39 Å². The molecule has 0 aliphatic rings. The van der Waals surface area contributed by atoms with Crippen molar-refractivity contribution in [3.63, 3.8) is 0 Å². The van der Waals surface area contributed by atoms with E-state index >= 15 is 0 Å². The normalized spacial score (nSPS) is 12.7. The fourth-order valence-corrected chi connectivity index (χ4v) is 10.9. The number of hydrogen-bond donors (Lipinski definition) is 0. The summed E-state index contributed by atoms with van der Waals surface area (Å²) in [6, 6.07) is 0.161. The Bertz CT molecular complexity index is 1540. The van der Waals surface area contributed by atoms with E-state index in [1.165, 1.54) is 160 Å². The molecule has 86 heavy (non-hydrogen) atoms. The molecule has 0 aromatic rings. The number of ether oxygens (including phenoxy) is 2. The van der Waals surface area contributed by atoms with Crippen molar-refractivity contribution in [1.29, 1.82) is 0 Å². The summed E-state index contributed by atoms with van der Waals surface area (Å²) in [6.45, 7) is 15.7. The maximum absolute atomic E-state index is 14.0. The Morgan fingerprint density at radius 3 is 1.01 bits per heavy atom. The summed E-state index contributed by atoms with van der Waals surface area (Å²) in [5, 5.41) is 3.53. The van der Waals surface area contributed by atoms with Crippen LogP contribution in [0.15, 0.2) is 11.9 Å². The molecule has 0 spiro atoms. The summed E-state index contributed by atoms with van der Waals surface area (Å²) in [5.41, 5.74) is 0. The van der Waals surface area contributed by atoms with Crippen molar-refractivity contribution in [3.05, 3.63) is 11.9 Å². The van der Waals surface area contributed by atoms with Gasteiger partial charge in [0.15, 0.2) is 6.17 Å². The quantitative estimate of drug-likeness (QED) is 0.0252. The smallest absolute Gasteiger partial charge is 0.366 e. The van der Waals surface area contributed by atoms with Gasteiger partial charge in [0.2, 0.25) is 17.6 Å². The van der Waals surface area contributed by atoms with E-state index in [9.17, 15) is 28.0 Å². The number of unbranched alkanes of at least 4 members (excludes halogenated alkanes) is 32. The highest BCUT2D eigenvalue weighted by molar-refractivity contribution is 5.85. The van der Waals surface area contributed by atoms with Crippen molar-refractivity contribution in [2.75, 3.05) is 67.7 Å². The van der Waals surface area contributed by atoms with Crippen LogP contribution in [0.4, 0.5) is 8.78 Å². The minimum atomic E-state index is -1.52. The minimum Gasteiger partial charge on any atom is -0.464 e. The first-order valence-electron chi connectivity index (χ1n) is 36.3. The van der Waals surface area contributed by atoms with Crippen LogP contribution in [0, 0.1) is 0 Å². The molecule has 0 saturated heterocycles. The van der Waals surface area contributed by atoms with E-state index in [1.807, 2.05) is 28.2 Å². The third-order valence-corrected chi connectivity index (χ3v) is 16.2. The largest absolute Gasteiger partial charge is 0.464 e. The van der Waals surface area contributed by atoms with E-state index in [1.54, 1.807) is 24.0 Å². The van der Waals surface area contributed by atoms with Crippen LogP contribution in [0.2, 0.25) is 0 Å². The Labute approximate surface area is 529 Å². The number of allylic oxidation sites excluding steroid dienone is 1. The standard InChI is InChI=1S/C36H71FN2O4.C36H69FN2O4/c2*1-6-9-11-13-15-17-21-25-32-43-39(35(40)30-26-31-38(4)5)33(27-22-18-16-14-12-10-7-2)28-23-19-20-24-29-34(37)36(41)42-8-3/h33-34H,6-32H2,1-5H3;29,33H,6-28,30-32H2,1-5H3/b;34-29-. The predicted molar refractivity (Wildman–Crippen MR) is 357 cm³/mol. The fraction of sp³-hybridized carbons (Fsp3) is 0.917. The van der Waals surface area contributed by atoms with E-state index in [-0.39, 0.29) is 43.5 Å². The fourth-order valence-electron chi connectivity index (χ4n) is 10.9. The van der Waals surface area contributed by atoms with Gasteiger partial charge in [-0.1, -0.05) is 240 Å². The zero-order chi connectivity index (χ0) is 63.9. The van der Waals surface area contributed by atoms with Crippen molar-refractivity contribution in [2.24, 2.45) is 0 Å². The molecule has 0 rings (SSSR count). The molecule has 3 unspecified atom stereocenters. The molecule has 0 N–H and O–H groups in total. The molecule has 3 atom stereocenters. The van der Waals surface area contributed by atoms with Crippen molar-refractivity contribution >= 4 is 23.8 Å². The molecule has 510 valence electrons. The van der Waals surface area contributed by atoms with Crippen molar-refractivity contribution in [3.8, 4) is 0 Å².